The van der Waals surface area contributed by atoms with Crippen LogP contribution in [0.25, 0.3) is 5.69 Å². The molecule has 2 aliphatic rings. The summed E-state index contributed by atoms with van der Waals surface area (Å²) in [6, 6.07) is 15.4. The van der Waals surface area contributed by atoms with Crippen molar-refractivity contribution in [2.24, 2.45) is 5.41 Å². The highest BCUT2D eigenvalue weighted by Gasteiger charge is 2.43. The average molecular weight is 403 g/mol. The number of benzene rings is 2. The van der Waals surface area contributed by atoms with Gasteiger partial charge in [-0.25, -0.2) is 9.07 Å². The second-order valence-electron chi connectivity index (χ2n) is 8.82. The topological polar surface area (TPSA) is 66.9 Å². The first kappa shape index (κ1) is 18.6. The molecular weight excluding hydrogens is 381 g/mol. The number of nitrogens with one attached hydrogen (secondary N) is 2. The molecule has 0 radical (unpaired) electrons. The minimum absolute atomic E-state index is 0.000484. The number of nitrogens with zero attached hydrogens (tertiary/aromatic N) is 1. The SMILES string of the molecule is CC1(C)CC(=O)C2=C(C1)Nc1[nH]n(-c3ccccc3)c(=O)c1[C@@H]2c1cccc(F)c1. The summed E-state index contributed by atoms with van der Waals surface area (Å²) in [5, 5.41) is 6.48. The van der Waals surface area contributed by atoms with Crippen LogP contribution in [-0.4, -0.2) is 15.6 Å². The van der Waals surface area contributed by atoms with Crippen molar-refractivity contribution in [2.75, 3.05) is 5.32 Å². The van der Waals surface area contributed by atoms with E-state index in [4.69, 9.17) is 0 Å². The number of hydrogen-bond donors (Lipinski definition) is 2. The van der Waals surface area contributed by atoms with Crippen LogP contribution in [-0.2, 0) is 4.79 Å². The van der Waals surface area contributed by atoms with E-state index in [-0.39, 0.29) is 16.8 Å². The number of rotatable bonds is 2. The molecule has 3 aromatic rings. The molecule has 1 aliphatic heterocycles. The van der Waals surface area contributed by atoms with Crippen LogP contribution in [0.4, 0.5) is 10.2 Å². The number of aromatic amines is 1. The van der Waals surface area contributed by atoms with E-state index in [1.807, 2.05) is 30.3 Å². The van der Waals surface area contributed by atoms with Gasteiger partial charge in [-0.1, -0.05) is 44.2 Å². The molecular formula is C24H22FN3O2. The van der Waals surface area contributed by atoms with Gasteiger partial charge in [0, 0.05) is 23.6 Å². The van der Waals surface area contributed by atoms with Crippen LogP contribution in [0.3, 0.4) is 0 Å². The van der Waals surface area contributed by atoms with E-state index in [9.17, 15) is 14.0 Å². The first-order valence-corrected chi connectivity index (χ1v) is 10.0. The number of para-hydroxylation sites is 1. The monoisotopic (exact) mass is 403 g/mol. The zero-order valence-corrected chi connectivity index (χ0v) is 16.8. The van der Waals surface area contributed by atoms with Crippen LogP contribution < -0.4 is 10.9 Å². The molecule has 0 amide bonds. The van der Waals surface area contributed by atoms with Gasteiger partial charge in [-0.3, -0.25) is 14.7 Å². The fourth-order valence-corrected chi connectivity index (χ4v) is 4.67. The number of hydrogen-bond acceptors (Lipinski definition) is 3. The van der Waals surface area contributed by atoms with Gasteiger partial charge in [0.2, 0.25) is 0 Å². The van der Waals surface area contributed by atoms with Crippen molar-refractivity contribution >= 4 is 11.6 Å². The third kappa shape index (κ3) is 2.91. The quantitative estimate of drug-likeness (QED) is 0.662. The van der Waals surface area contributed by atoms with Crippen LogP contribution in [0.5, 0.6) is 0 Å². The molecule has 2 N–H and O–H groups in total. The molecule has 5 rings (SSSR count). The number of halogens is 1. The van der Waals surface area contributed by atoms with Gasteiger partial charge in [-0.15, -0.1) is 0 Å². The molecule has 0 saturated heterocycles. The van der Waals surface area contributed by atoms with Gasteiger partial charge >= 0.3 is 0 Å². The summed E-state index contributed by atoms with van der Waals surface area (Å²) < 4.78 is 15.6. The second kappa shape index (κ2) is 6.55. The summed E-state index contributed by atoms with van der Waals surface area (Å²) in [4.78, 5) is 26.7. The van der Waals surface area contributed by atoms with Gasteiger partial charge in [0.15, 0.2) is 5.78 Å². The lowest BCUT2D eigenvalue weighted by Crippen LogP contribution is -2.35. The first-order valence-electron chi connectivity index (χ1n) is 10.0. The van der Waals surface area contributed by atoms with Gasteiger partial charge in [0.1, 0.15) is 11.6 Å². The van der Waals surface area contributed by atoms with E-state index < -0.39 is 11.7 Å². The number of Topliss-reactive ketones (excluding diaryl/α,β-unsaturated/α-hetero) is 1. The average Bonchev–Trinajstić information content (AvgIpc) is 3.02. The molecule has 1 atom stereocenters. The van der Waals surface area contributed by atoms with E-state index in [1.54, 1.807) is 12.1 Å². The summed E-state index contributed by atoms with van der Waals surface area (Å²) in [6.07, 6.45) is 1.07. The van der Waals surface area contributed by atoms with E-state index in [2.05, 4.69) is 24.3 Å². The molecule has 1 aliphatic carbocycles. The van der Waals surface area contributed by atoms with Crippen LogP contribution in [0.1, 0.15) is 43.7 Å². The smallest absolute Gasteiger partial charge is 0.277 e. The van der Waals surface area contributed by atoms with Crippen molar-refractivity contribution in [3.8, 4) is 5.69 Å². The van der Waals surface area contributed by atoms with Gasteiger partial charge in [-0.2, -0.15) is 0 Å². The fourth-order valence-electron chi connectivity index (χ4n) is 4.67. The molecule has 0 spiro atoms. The van der Waals surface area contributed by atoms with Gasteiger partial charge in [-0.05, 0) is 41.7 Å². The van der Waals surface area contributed by atoms with Gasteiger partial charge < -0.3 is 5.32 Å². The number of allylic oxidation sites excluding steroid dienone is 2. The molecule has 2 heterocycles. The van der Waals surface area contributed by atoms with Crippen LogP contribution in [0.2, 0.25) is 0 Å². The molecule has 0 fully saturated rings. The molecule has 1 aromatic heterocycles. The molecule has 2 aromatic carbocycles. The van der Waals surface area contributed by atoms with Crippen molar-refractivity contribution in [2.45, 2.75) is 32.6 Å². The van der Waals surface area contributed by atoms with Crippen molar-refractivity contribution in [3.05, 3.63) is 93.2 Å². The van der Waals surface area contributed by atoms with E-state index in [1.165, 1.54) is 16.8 Å². The summed E-state index contributed by atoms with van der Waals surface area (Å²) in [5.41, 5.74) is 2.69. The highest BCUT2D eigenvalue weighted by Crippen LogP contribution is 2.47. The number of H-pyrrole nitrogens is 1. The Morgan fingerprint density at radius 2 is 1.80 bits per heavy atom. The maximum Gasteiger partial charge on any atom is 0.277 e. The summed E-state index contributed by atoms with van der Waals surface area (Å²) in [6.45, 7) is 4.11. The Balaban J connectivity index is 1.76. The normalized spacial score (nSPS) is 19.8. The van der Waals surface area contributed by atoms with Crippen molar-refractivity contribution in [3.63, 3.8) is 0 Å². The molecule has 5 nitrogen and oxygen atoms in total. The van der Waals surface area contributed by atoms with E-state index >= 15 is 0 Å². The molecule has 0 bridgehead atoms. The third-order valence-electron chi connectivity index (χ3n) is 5.90. The minimum atomic E-state index is -0.607. The Hall–Kier alpha value is -3.41. The largest absolute Gasteiger partial charge is 0.343 e. The Bertz CT molecular complexity index is 1250. The fraction of sp³-hybridized carbons (Fsp3) is 0.250. The van der Waals surface area contributed by atoms with Crippen molar-refractivity contribution in [1.82, 2.24) is 9.78 Å². The Labute approximate surface area is 173 Å². The number of ketones is 1. The highest BCUT2D eigenvalue weighted by atomic mass is 19.1. The third-order valence-corrected chi connectivity index (χ3v) is 5.90. The minimum Gasteiger partial charge on any atom is -0.343 e. The maximum atomic E-state index is 14.1. The molecule has 30 heavy (non-hydrogen) atoms. The van der Waals surface area contributed by atoms with Gasteiger partial charge in [0.25, 0.3) is 5.56 Å². The van der Waals surface area contributed by atoms with Crippen LogP contribution >= 0.6 is 0 Å². The summed E-state index contributed by atoms with van der Waals surface area (Å²) in [7, 11) is 0. The highest BCUT2D eigenvalue weighted by molar-refractivity contribution is 6.01. The van der Waals surface area contributed by atoms with Crippen molar-refractivity contribution < 1.29 is 9.18 Å². The molecule has 6 heteroatoms. The predicted octanol–water partition coefficient (Wildman–Crippen LogP) is 4.51. The zero-order chi connectivity index (χ0) is 21.0. The molecule has 0 saturated carbocycles. The molecule has 0 unspecified atom stereocenters. The first-order chi connectivity index (χ1) is 14.3. The van der Waals surface area contributed by atoms with E-state index in [0.717, 1.165) is 5.70 Å². The lowest BCUT2D eigenvalue weighted by molar-refractivity contribution is -0.118. The Morgan fingerprint density at radius 3 is 2.53 bits per heavy atom. The number of carbonyl (C=O) groups excluding carboxylic acids is 1. The van der Waals surface area contributed by atoms with Crippen LogP contribution in [0, 0.1) is 11.2 Å². The number of fused-ring (bicyclic) bond motifs is 1. The predicted molar refractivity (Wildman–Crippen MR) is 113 cm³/mol. The maximum absolute atomic E-state index is 14.1. The second-order valence-corrected chi connectivity index (χ2v) is 8.82. The van der Waals surface area contributed by atoms with E-state index in [0.29, 0.717) is 41.0 Å². The summed E-state index contributed by atoms with van der Waals surface area (Å²) in [5.74, 6) is -0.440. The molecule has 152 valence electrons. The Kier molecular flexibility index (Phi) is 4.07. The van der Waals surface area contributed by atoms with Gasteiger partial charge in [0.05, 0.1) is 11.3 Å². The standard InChI is InChI=1S/C24H22FN3O2/c1-24(2)12-17-20(18(29)13-24)19(14-7-6-8-15(25)11-14)21-22(26-17)27-28(23(21)30)16-9-4-3-5-10-16/h3-11,19,26-27H,12-13H2,1-2H3/t19-/m1/s1. The lowest BCUT2D eigenvalue weighted by atomic mass is 9.69. The van der Waals surface area contributed by atoms with Crippen molar-refractivity contribution in [1.29, 1.82) is 0 Å². The Morgan fingerprint density at radius 1 is 1.03 bits per heavy atom. The number of aromatic nitrogens is 2. The summed E-state index contributed by atoms with van der Waals surface area (Å²) >= 11 is 0. The number of carbonyl (C=O) groups is 1. The zero-order valence-electron chi connectivity index (χ0n) is 16.8. The number of anilines is 1. The lowest BCUT2D eigenvalue weighted by Gasteiger charge is -2.37. The van der Waals surface area contributed by atoms with Crippen LogP contribution in [0.15, 0.2) is 70.7 Å².